The zero-order valence-electron chi connectivity index (χ0n) is 11.4. The molecule has 1 heterocycles. The Labute approximate surface area is 113 Å². The quantitative estimate of drug-likeness (QED) is 0.860. The minimum atomic E-state index is -0.185. The monoisotopic (exact) mass is 261 g/mol. The summed E-state index contributed by atoms with van der Waals surface area (Å²) in [5.74, 6) is 0.810. The van der Waals surface area contributed by atoms with Gasteiger partial charge in [0.1, 0.15) is 11.6 Å². The lowest BCUT2D eigenvalue weighted by Crippen LogP contribution is -2.37. The molecule has 2 aromatic rings. The van der Waals surface area contributed by atoms with Gasteiger partial charge in [0.15, 0.2) is 0 Å². The van der Waals surface area contributed by atoms with Gasteiger partial charge < -0.3 is 9.73 Å². The Morgan fingerprint density at radius 3 is 2.37 bits per heavy atom. The number of rotatable bonds is 6. The van der Waals surface area contributed by atoms with Gasteiger partial charge in [0.2, 0.25) is 0 Å². The Morgan fingerprint density at radius 1 is 1.05 bits per heavy atom. The maximum atomic E-state index is 12.8. The summed E-state index contributed by atoms with van der Waals surface area (Å²) in [4.78, 5) is 0. The molecule has 0 aliphatic rings. The molecule has 0 saturated heterocycles. The van der Waals surface area contributed by atoms with Crippen LogP contribution in [-0.2, 0) is 12.8 Å². The third-order valence-corrected chi connectivity index (χ3v) is 3.11. The molecule has 0 fully saturated rings. The minimum absolute atomic E-state index is 0.185. The van der Waals surface area contributed by atoms with Crippen molar-refractivity contribution in [3.63, 3.8) is 0 Å². The lowest BCUT2D eigenvalue weighted by atomic mass is 10.1. The van der Waals surface area contributed by atoms with Crippen molar-refractivity contribution >= 4 is 0 Å². The maximum absolute atomic E-state index is 12.8. The molecular weight excluding hydrogens is 241 g/mol. The molecule has 102 valence electrons. The van der Waals surface area contributed by atoms with Crippen LogP contribution in [0.5, 0.6) is 0 Å². The highest BCUT2D eigenvalue weighted by Crippen LogP contribution is 2.08. The van der Waals surface area contributed by atoms with Crippen LogP contribution in [0.2, 0.25) is 0 Å². The number of hydrogen-bond acceptors (Lipinski definition) is 2. The van der Waals surface area contributed by atoms with Crippen LogP contribution >= 0.6 is 0 Å². The third-order valence-electron chi connectivity index (χ3n) is 3.11. The van der Waals surface area contributed by atoms with Gasteiger partial charge >= 0.3 is 0 Å². The lowest BCUT2D eigenvalue weighted by Gasteiger charge is -2.19. The van der Waals surface area contributed by atoms with E-state index in [4.69, 9.17) is 4.42 Å². The smallest absolute Gasteiger partial charge is 0.123 e. The summed E-state index contributed by atoms with van der Waals surface area (Å²) in [7, 11) is 0. The van der Waals surface area contributed by atoms with Crippen molar-refractivity contribution in [1.29, 1.82) is 0 Å². The Kier molecular flexibility index (Phi) is 4.74. The van der Waals surface area contributed by atoms with E-state index in [1.54, 1.807) is 6.26 Å². The van der Waals surface area contributed by atoms with Crippen LogP contribution in [0.4, 0.5) is 4.39 Å². The van der Waals surface area contributed by atoms with Crippen molar-refractivity contribution in [2.24, 2.45) is 0 Å². The molecule has 0 radical (unpaired) electrons. The van der Waals surface area contributed by atoms with Gasteiger partial charge in [0.25, 0.3) is 0 Å². The normalized spacial score (nSPS) is 14.3. The van der Waals surface area contributed by atoms with E-state index >= 15 is 0 Å². The molecule has 0 saturated carbocycles. The van der Waals surface area contributed by atoms with Crippen molar-refractivity contribution in [2.75, 3.05) is 0 Å². The van der Waals surface area contributed by atoms with Gasteiger partial charge in [-0.15, -0.1) is 0 Å². The van der Waals surface area contributed by atoms with Gasteiger partial charge in [-0.1, -0.05) is 12.1 Å². The van der Waals surface area contributed by atoms with Crippen LogP contribution in [0, 0.1) is 5.82 Å². The van der Waals surface area contributed by atoms with Crippen LogP contribution < -0.4 is 5.32 Å². The highest BCUT2D eigenvalue weighted by Gasteiger charge is 2.10. The first-order chi connectivity index (χ1) is 9.13. The molecule has 1 N–H and O–H groups in total. The van der Waals surface area contributed by atoms with Gasteiger partial charge in [-0.05, 0) is 50.1 Å². The van der Waals surface area contributed by atoms with Gasteiger partial charge in [-0.25, -0.2) is 4.39 Å². The summed E-state index contributed by atoms with van der Waals surface area (Å²) < 4.78 is 18.2. The highest BCUT2D eigenvalue weighted by molar-refractivity contribution is 5.17. The van der Waals surface area contributed by atoms with Crippen LogP contribution in [0.15, 0.2) is 47.1 Å². The first kappa shape index (κ1) is 13.8. The lowest BCUT2D eigenvalue weighted by molar-refractivity contribution is 0.422. The topological polar surface area (TPSA) is 25.2 Å². The summed E-state index contributed by atoms with van der Waals surface area (Å²) >= 11 is 0. The minimum Gasteiger partial charge on any atom is -0.469 e. The molecule has 1 aromatic heterocycles. The second kappa shape index (κ2) is 6.53. The summed E-state index contributed by atoms with van der Waals surface area (Å²) in [6, 6.07) is 11.3. The van der Waals surface area contributed by atoms with Gasteiger partial charge in [0, 0.05) is 18.5 Å². The number of hydrogen-bond donors (Lipinski definition) is 1. The molecule has 0 amide bonds. The van der Waals surface area contributed by atoms with E-state index in [2.05, 4.69) is 19.2 Å². The summed E-state index contributed by atoms with van der Waals surface area (Å²) in [6.07, 6.45) is 3.47. The molecule has 1 aromatic carbocycles. The number of furan rings is 1. The number of benzene rings is 1. The largest absolute Gasteiger partial charge is 0.469 e. The molecule has 2 atom stereocenters. The molecule has 3 heteroatoms. The van der Waals surface area contributed by atoms with Crippen molar-refractivity contribution in [3.05, 3.63) is 59.8 Å². The third kappa shape index (κ3) is 4.52. The summed E-state index contributed by atoms with van der Waals surface area (Å²) in [6.45, 7) is 4.28. The predicted octanol–water partition coefficient (Wildman–Crippen LogP) is 3.57. The van der Waals surface area contributed by atoms with E-state index < -0.39 is 0 Å². The second-order valence-electron chi connectivity index (χ2n) is 5.08. The average Bonchev–Trinajstić information content (AvgIpc) is 2.84. The maximum Gasteiger partial charge on any atom is 0.123 e. The fraction of sp³-hybridized carbons (Fsp3) is 0.375. The van der Waals surface area contributed by atoms with Crippen LogP contribution in [0.3, 0.4) is 0 Å². The molecule has 19 heavy (non-hydrogen) atoms. The second-order valence-corrected chi connectivity index (χ2v) is 5.08. The fourth-order valence-corrected chi connectivity index (χ4v) is 2.31. The van der Waals surface area contributed by atoms with E-state index in [9.17, 15) is 4.39 Å². The zero-order valence-corrected chi connectivity index (χ0v) is 11.4. The average molecular weight is 261 g/mol. The standard InChI is InChI=1S/C16H20FNO/c1-12(10-14-5-7-15(17)8-6-14)18-13(2)11-16-4-3-9-19-16/h3-9,12-13,18H,10-11H2,1-2H3. The van der Waals surface area contributed by atoms with E-state index in [0.717, 1.165) is 24.2 Å². The van der Waals surface area contributed by atoms with Crippen molar-refractivity contribution in [3.8, 4) is 0 Å². The first-order valence-electron chi connectivity index (χ1n) is 6.66. The van der Waals surface area contributed by atoms with Gasteiger partial charge in [0.05, 0.1) is 6.26 Å². The zero-order chi connectivity index (χ0) is 13.7. The summed E-state index contributed by atoms with van der Waals surface area (Å²) in [5.41, 5.74) is 1.14. The first-order valence-corrected chi connectivity index (χ1v) is 6.66. The fourth-order valence-electron chi connectivity index (χ4n) is 2.31. The van der Waals surface area contributed by atoms with E-state index in [1.165, 1.54) is 12.1 Å². The molecule has 2 rings (SSSR count). The van der Waals surface area contributed by atoms with E-state index in [1.807, 2.05) is 24.3 Å². The highest BCUT2D eigenvalue weighted by atomic mass is 19.1. The van der Waals surface area contributed by atoms with Crippen molar-refractivity contribution in [2.45, 2.75) is 38.8 Å². The molecular formula is C16H20FNO. The Balaban J connectivity index is 1.80. The van der Waals surface area contributed by atoms with E-state index in [0.29, 0.717) is 12.1 Å². The Morgan fingerprint density at radius 2 is 1.74 bits per heavy atom. The molecule has 0 bridgehead atoms. The summed E-state index contributed by atoms with van der Waals surface area (Å²) in [5, 5.41) is 3.53. The van der Waals surface area contributed by atoms with Crippen LogP contribution in [-0.4, -0.2) is 12.1 Å². The van der Waals surface area contributed by atoms with Gasteiger partial charge in [-0.2, -0.15) is 0 Å². The Hall–Kier alpha value is -1.61. The van der Waals surface area contributed by atoms with Crippen LogP contribution in [0.25, 0.3) is 0 Å². The van der Waals surface area contributed by atoms with Crippen LogP contribution in [0.1, 0.15) is 25.2 Å². The number of nitrogens with one attached hydrogen (secondary N) is 1. The number of halogens is 1. The molecule has 0 aliphatic heterocycles. The SMILES string of the molecule is CC(Cc1ccc(F)cc1)NC(C)Cc1ccco1. The van der Waals surface area contributed by atoms with Crippen molar-refractivity contribution < 1.29 is 8.81 Å². The Bertz CT molecular complexity index is 478. The predicted molar refractivity (Wildman–Crippen MR) is 74.6 cm³/mol. The molecule has 2 unspecified atom stereocenters. The molecule has 0 spiro atoms. The molecule has 0 aliphatic carbocycles. The van der Waals surface area contributed by atoms with Crippen molar-refractivity contribution in [1.82, 2.24) is 5.32 Å². The van der Waals surface area contributed by atoms with E-state index in [-0.39, 0.29) is 5.82 Å². The molecule has 2 nitrogen and oxygen atoms in total. The van der Waals surface area contributed by atoms with Gasteiger partial charge in [-0.3, -0.25) is 0 Å².